The second-order valence-electron chi connectivity index (χ2n) is 4.90. The SMILES string of the molecule is Cc1cn(C(=O)NCCCC(F)(F)F)c(Oc2ccccc2)n1. The van der Waals surface area contributed by atoms with Crippen LogP contribution in [-0.2, 0) is 0 Å². The highest BCUT2D eigenvalue weighted by Crippen LogP contribution is 2.21. The molecule has 0 saturated heterocycles. The van der Waals surface area contributed by atoms with E-state index < -0.39 is 18.6 Å². The van der Waals surface area contributed by atoms with Gasteiger partial charge in [0.1, 0.15) is 5.75 Å². The largest absolute Gasteiger partial charge is 0.425 e. The molecule has 0 bridgehead atoms. The number of aryl methyl sites for hydroxylation is 1. The smallest absolute Gasteiger partial charge is 0.389 e. The van der Waals surface area contributed by atoms with Gasteiger partial charge in [0.05, 0.1) is 5.69 Å². The predicted molar refractivity (Wildman–Crippen MR) is 77.6 cm³/mol. The molecule has 2 aromatic rings. The Morgan fingerprint density at radius 2 is 2.00 bits per heavy atom. The van der Waals surface area contributed by atoms with Crippen molar-refractivity contribution < 1.29 is 22.7 Å². The van der Waals surface area contributed by atoms with Crippen molar-refractivity contribution >= 4 is 6.03 Å². The van der Waals surface area contributed by atoms with Crippen LogP contribution in [0.1, 0.15) is 18.5 Å². The highest BCUT2D eigenvalue weighted by atomic mass is 19.4. The van der Waals surface area contributed by atoms with Gasteiger partial charge in [-0.25, -0.2) is 9.36 Å². The molecule has 0 aliphatic carbocycles. The van der Waals surface area contributed by atoms with Crippen molar-refractivity contribution in [3.8, 4) is 11.8 Å². The Labute approximate surface area is 131 Å². The van der Waals surface area contributed by atoms with Crippen LogP contribution in [0.15, 0.2) is 36.5 Å². The van der Waals surface area contributed by atoms with Crippen molar-refractivity contribution in [3.63, 3.8) is 0 Å². The van der Waals surface area contributed by atoms with E-state index >= 15 is 0 Å². The van der Waals surface area contributed by atoms with E-state index in [2.05, 4.69) is 10.3 Å². The van der Waals surface area contributed by atoms with E-state index in [1.165, 1.54) is 6.20 Å². The number of ether oxygens (including phenoxy) is 1. The fourth-order valence-corrected chi connectivity index (χ4v) is 1.86. The number of nitrogens with zero attached hydrogens (tertiary/aromatic N) is 2. The number of para-hydroxylation sites is 1. The van der Waals surface area contributed by atoms with Gasteiger partial charge < -0.3 is 10.1 Å². The highest BCUT2D eigenvalue weighted by molar-refractivity contribution is 5.78. The normalized spacial score (nSPS) is 11.3. The lowest BCUT2D eigenvalue weighted by molar-refractivity contribution is -0.135. The zero-order valence-corrected chi connectivity index (χ0v) is 12.4. The van der Waals surface area contributed by atoms with Gasteiger partial charge in [-0.1, -0.05) is 18.2 Å². The minimum Gasteiger partial charge on any atom is -0.425 e. The molecular formula is C15H16F3N3O2. The van der Waals surface area contributed by atoms with Crippen LogP contribution < -0.4 is 10.1 Å². The number of nitrogens with one attached hydrogen (secondary N) is 1. The number of carbonyl (C=O) groups excluding carboxylic acids is 1. The van der Waals surface area contributed by atoms with Crippen molar-refractivity contribution in [3.05, 3.63) is 42.2 Å². The van der Waals surface area contributed by atoms with Crippen LogP contribution in [0.25, 0.3) is 0 Å². The molecule has 124 valence electrons. The summed E-state index contributed by atoms with van der Waals surface area (Å²) in [5.74, 6) is 0.504. The number of carbonyl (C=O) groups is 1. The summed E-state index contributed by atoms with van der Waals surface area (Å²) in [7, 11) is 0. The molecule has 5 nitrogen and oxygen atoms in total. The molecule has 23 heavy (non-hydrogen) atoms. The number of amides is 1. The number of benzene rings is 1. The molecule has 0 spiro atoms. The zero-order valence-electron chi connectivity index (χ0n) is 12.4. The first kappa shape index (κ1) is 16.9. The second-order valence-corrected chi connectivity index (χ2v) is 4.90. The molecule has 0 atom stereocenters. The van der Waals surface area contributed by atoms with E-state index in [9.17, 15) is 18.0 Å². The first-order valence-corrected chi connectivity index (χ1v) is 6.99. The highest BCUT2D eigenvalue weighted by Gasteiger charge is 2.26. The first-order valence-electron chi connectivity index (χ1n) is 6.99. The average Bonchev–Trinajstić information content (AvgIpc) is 2.84. The van der Waals surface area contributed by atoms with E-state index in [-0.39, 0.29) is 19.0 Å². The summed E-state index contributed by atoms with van der Waals surface area (Å²) in [6.07, 6.45) is -3.89. The van der Waals surface area contributed by atoms with Gasteiger partial charge in [0.2, 0.25) is 0 Å². The van der Waals surface area contributed by atoms with Gasteiger partial charge in [-0.15, -0.1) is 0 Å². The number of rotatable bonds is 5. The number of halogens is 3. The van der Waals surface area contributed by atoms with Gasteiger partial charge in [0.25, 0.3) is 0 Å². The monoisotopic (exact) mass is 327 g/mol. The van der Waals surface area contributed by atoms with Crippen molar-refractivity contribution in [2.45, 2.75) is 25.9 Å². The van der Waals surface area contributed by atoms with Crippen molar-refractivity contribution in [2.24, 2.45) is 0 Å². The van der Waals surface area contributed by atoms with Crippen molar-refractivity contribution in [2.75, 3.05) is 6.54 Å². The standard InChI is InChI=1S/C15H16F3N3O2/c1-11-10-21(13(22)19-9-5-8-15(16,17)18)14(20-11)23-12-6-3-2-4-7-12/h2-4,6-7,10H,5,8-9H2,1H3,(H,19,22). The van der Waals surface area contributed by atoms with E-state index in [1.807, 2.05) is 6.07 Å². The maximum Gasteiger partial charge on any atom is 0.389 e. The summed E-state index contributed by atoms with van der Waals surface area (Å²) in [6.45, 7) is 1.60. The third-order valence-corrected chi connectivity index (χ3v) is 2.88. The Morgan fingerprint density at radius 3 is 2.65 bits per heavy atom. The molecule has 1 aromatic carbocycles. The van der Waals surface area contributed by atoms with Gasteiger partial charge in [-0.05, 0) is 25.5 Å². The molecule has 1 amide bonds. The minimum absolute atomic E-state index is 0.0574. The molecule has 1 aromatic heterocycles. The number of imidazole rings is 1. The maximum absolute atomic E-state index is 12.1. The average molecular weight is 327 g/mol. The van der Waals surface area contributed by atoms with Crippen LogP contribution in [0.4, 0.5) is 18.0 Å². The molecule has 0 aliphatic heterocycles. The lowest BCUT2D eigenvalue weighted by Crippen LogP contribution is -2.29. The van der Waals surface area contributed by atoms with E-state index in [4.69, 9.17) is 4.74 Å². The summed E-state index contributed by atoms with van der Waals surface area (Å²) in [4.78, 5) is 16.1. The van der Waals surface area contributed by atoms with Crippen LogP contribution >= 0.6 is 0 Å². The summed E-state index contributed by atoms with van der Waals surface area (Å²) in [6, 6.07) is 8.24. The van der Waals surface area contributed by atoms with Gasteiger partial charge in [-0.3, -0.25) is 0 Å². The Morgan fingerprint density at radius 1 is 1.30 bits per heavy atom. The van der Waals surface area contributed by atoms with E-state index in [0.717, 1.165) is 4.57 Å². The van der Waals surface area contributed by atoms with Crippen LogP contribution in [0.3, 0.4) is 0 Å². The molecule has 0 radical (unpaired) electrons. The Balaban J connectivity index is 1.97. The molecule has 0 unspecified atom stereocenters. The first-order chi connectivity index (χ1) is 10.8. The lowest BCUT2D eigenvalue weighted by atomic mass is 10.3. The van der Waals surface area contributed by atoms with Crippen LogP contribution in [0.2, 0.25) is 0 Å². The van der Waals surface area contributed by atoms with Crippen LogP contribution in [0.5, 0.6) is 11.8 Å². The summed E-state index contributed by atoms with van der Waals surface area (Å²) >= 11 is 0. The fraction of sp³-hybridized carbons (Fsp3) is 0.333. The van der Waals surface area contributed by atoms with Crippen LogP contribution in [-0.4, -0.2) is 28.3 Å². The number of hydrogen-bond donors (Lipinski definition) is 1. The quantitative estimate of drug-likeness (QED) is 0.848. The Hall–Kier alpha value is -2.51. The van der Waals surface area contributed by atoms with E-state index in [1.54, 1.807) is 31.2 Å². The summed E-state index contributed by atoms with van der Waals surface area (Å²) in [5, 5.41) is 2.42. The van der Waals surface area contributed by atoms with Gasteiger partial charge in [-0.2, -0.15) is 18.2 Å². The summed E-state index contributed by atoms with van der Waals surface area (Å²) < 4.78 is 42.9. The van der Waals surface area contributed by atoms with Crippen molar-refractivity contribution in [1.29, 1.82) is 0 Å². The number of aromatic nitrogens is 2. The topological polar surface area (TPSA) is 56.2 Å². The third kappa shape index (κ3) is 5.32. The molecule has 0 fully saturated rings. The molecular weight excluding hydrogens is 311 g/mol. The zero-order chi connectivity index (χ0) is 16.9. The molecule has 1 heterocycles. The molecule has 0 saturated carbocycles. The number of hydrogen-bond acceptors (Lipinski definition) is 3. The molecule has 1 N–H and O–H groups in total. The molecule has 2 rings (SSSR count). The molecule has 0 aliphatic rings. The number of alkyl halides is 3. The molecule has 8 heteroatoms. The van der Waals surface area contributed by atoms with Crippen LogP contribution in [0, 0.1) is 6.92 Å². The predicted octanol–water partition coefficient (Wildman–Crippen LogP) is 3.88. The Bertz CT molecular complexity index is 654. The van der Waals surface area contributed by atoms with Gasteiger partial charge >= 0.3 is 18.2 Å². The Kier molecular flexibility index (Phi) is 5.25. The minimum atomic E-state index is -4.22. The van der Waals surface area contributed by atoms with Gasteiger partial charge in [0, 0.05) is 19.2 Å². The third-order valence-electron chi connectivity index (χ3n) is 2.88. The van der Waals surface area contributed by atoms with E-state index in [0.29, 0.717) is 11.4 Å². The summed E-state index contributed by atoms with van der Waals surface area (Å²) in [5.41, 5.74) is 0.557. The fourth-order valence-electron chi connectivity index (χ4n) is 1.86. The lowest BCUT2D eigenvalue weighted by Gasteiger charge is -2.10. The van der Waals surface area contributed by atoms with Crippen molar-refractivity contribution in [1.82, 2.24) is 14.9 Å². The van der Waals surface area contributed by atoms with Gasteiger partial charge in [0.15, 0.2) is 0 Å². The maximum atomic E-state index is 12.1. The second kappa shape index (κ2) is 7.17.